The summed E-state index contributed by atoms with van der Waals surface area (Å²) in [6, 6.07) is 8.26. The van der Waals surface area contributed by atoms with Gasteiger partial charge in [-0.2, -0.15) is 0 Å². The van der Waals surface area contributed by atoms with E-state index in [-0.39, 0.29) is 0 Å². The number of rotatable bonds is 1. The molecule has 1 aromatic heterocycles. The largest absolute Gasteiger partial charge is 0.397 e. The van der Waals surface area contributed by atoms with Gasteiger partial charge in [-0.1, -0.05) is 23.8 Å². The number of nitrogens with zero attached hydrogens (tertiary/aromatic N) is 1. The summed E-state index contributed by atoms with van der Waals surface area (Å²) in [4.78, 5) is 4.37. The Hall–Kier alpha value is -1.83. The normalized spacial score (nSPS) is 10.4. The van der Waals surface area contributed by atoms with Crippen molar-refractivity contribution in [2.45, 2.75) is 20.8 Å². The third-order valence-corrected chi connectivity index (χ3v) is 2.85. The van der Waals surface area contributed by atoms with E-state index in [4.69, 9.17) is 5.73 Å². The average Bonchev–Trinajstić information content (AvgIpc) is 2.23. The van der Waals surface area contributed by atoms with Gasteiger partial charge in [-0.25, -0.2) is 0 Å². The van der Waals surface area contributed by atoms with Crippen molar-refractivity contribution in [3.8, 4) is 11.3 Å². The molecule has 0 unspecified atom stereocenters. The van der Waals surface area contributed by atoms with Crippen LogP contribution in [0.4, 0.5) is 5.69 Å². The molecule has 2 N–H and O–H groups in total. The van der Waals surface area contributed by atoms with Gasteiger partial charge in [0.25, 0.3) is 0 Å². The molecule has 0 saturated heterocycles. The molecule has 0 saturated carbocycles. The average molecular weight is 212 g/mol. The van der Waals surface area contributed by atoms with Crippen molar-refractivity contribution in [2.24, 2.45) is 0 Å². The second kappa shape index (κ2) is 3.97. The standard InChI is InChI=1S/C14H16N2/c1-9-4-5-12(11(3)8-9)14-13(15)10(2)6-7-16-14/h4-8H,15H2,1-3H3. The maximum Gasteiger partial charge on any atom is 0.0936 e. The Morgan fingerprint density at radius 3 is 2.44 bits per heavy atom. The van der Waals surface area contributed by atoms with Gasteiger partial charge < -0.3 is 5.73 Å². The molecule has 0 aliphatic rings. The van der Waals surface area contributed by atoms with Crippen molar-refractivity contribution in [3.05, 3.63) is 47.2 Å². The molecule has 1 aromatic carbocycles. The molecule has 0 spiro atoms. The second-order valence-electron chi connectivity index (χ2n) is 4.21. The SMILES string of the molecule is Cc1ccc(-c2nccc(C)c2N)c(C)c1. The Bertz CT molecular complexity index is 530. The fraction of sp³-hybridized carbons (Fsp3) is 0.214. The number of aromatic nitrogens is 1. The van der Waals surface area contributed by atoms with E-state index in [1.165, 1.54) is 11.1 Å². The molecule has 1 heterocycles. The molecule has 0 atom stereocenters. The van der Waals surface area contributed by atoms with Gasteiger partial charge in [0.05, 0.1) is 11.4 Å². The fourth-order valence-electron chi connectivity index (χ4n) is 1.86. The lowest BCUT2D eigenvalue weighted by Crippen LogP contribution is -1.97. The zero-order valence-corrected chi connectivity index (χ0v) is 9.91. The summed E-state index contributed by atoms with van der Waals surface area (Å²) in [7, 11) is 0. The summed E-state index contributed by atoms with van der Waals surface area (Å²) in [5.74, 6) is 0. The molecule has 0 bridgehead atoms. The monoisotopic (exact) mass is 212 g/mol. The molecule has 2 heteroatoms. The van der Waals surface area contributed by atoms with Crippen molar-refractivity contribution in [3.63, 3.8) is 0 Å². The predicted octanol–water partition coefficient (Wildman–Crippen LogP) is 3.26. The van der Waals surface area contributed by atoms with E-state index in [1.54, 1.807) is 6.20 Å². The van der Waals surface area contributed by atoms with E-state index in [9.17, 15) is 0 Å². The van der Waals surface area contributed by atoms with Crippen LogP contribution in [0, 0.1) is 20.8 Å². The maximum atomic E-state index is 6.06. The van der Waals surface area contributed by atoms with Gasteiger partial charge in [-0.05, 0) is 38.0 Å². The summed E-state index contributed by atoms with van der Waals surface area (Å²) < 4.78 is 0. The summed E-state index contributed by atoms with van der Waals surface area (Å²) in [5, 5.41) is 0. The molecular weight excluding hydrogens is 196 g/mol. The number of benzene rings is 1. The minimum absolute atomic E-state index is 0.773. The number of aryl methyl sites for hydroxylation is 3. The van der Waals surface area contributed by atoms with Crippen LogP contribution in [-0.4, -0.2) is 4.98 Å². The molecule has 82 valence electrons. The molecule has 2 nitrogen and oxygen atoms in total. The van der Waals surface area contributed by atoms with Crippen molar-refractivity contribution in [1.82, 2.24) is 4.98 Å². The highest BCUT2D eigenvalue weighted by molar-refractivity contribution is 5.76. The molecule has 2 aromatic rings. The van der Waals surface area contributed by atoms with Gasteiger partial charge >= 0.3 is 0 Å². The van der Waals surface area contributed by atoms with Crippen molar-refractivity contribution in [2.75, 3.05) is 5.73 Å². The number of nitrogens with two attached hydrogens (primary N) is 1. The number of nitrogen functional groups attached to an aromatic ring is 1. The molecule has 0 radical (unpaired) electrons. The highest BCUT2D eigenvalue weighted by atomic mass is 14.7. The Morgan fingerprint density at radius 1 is 1.00 bits per heavy atom. The van der Waals surface area contributed by atoms with Crippen LogP contribution < -0.4 is 5.73 Å². The molecule has 2 rings (SSSR count). The Labute approximate surface area is 96.1 Å². The Balaban J connectivity index is 2.63. The first-order chi connectivity index (χ1) is 7.59. The lowest BCUT2D eigenvalue weighted by atomic mass is 10.0. The van der Waals surface area contributed by atoms with Gasteiger partial charge in [0, 0.05) is 11.8 Å². The van der Waals surface area contributed by atoms with Crippen LogP contribution in [0.2, 0.25) is 0 Å². The number of anilines is 1. The zero-order chi connectivity index (χ0) is 11.7. The highest BCUT2D eigenvalue weighted by Gasteiger charge is 2.08. The molecule has 0 fully saturated rings. The fourth-order valence-corrected chi connectivity index (χ4v) is 1.86. The van der Waals surface area contributed by atoms with Crippen LogP contribution >= 0.6 is 0 Å². The van der Waals surface area contributed by atoms with Crippen LogP contribution in [0.5, 0.6) is 0 Å². The predicted molar refractivity (Wildman–Crippen MR) is 68.3 cm³/mol. The first-order valence-electron chi connectivity index (χ1n) is 5.38. The minimum atomic E-state index is 0.773. The van der Waals surface area contributed by atoms with Crippen molar-refractivity contribution in [1.29, 1.82) is 0 Å². The lowest BCUT2D eigenvalue weighted by molar-refractivity contribution is 1.27. The second-order valence-corrected chi connectivity index (χ2v) is 4.21. The topological polar surface area (TPSA) is 38.9 Å². The van der Waals surface area contributed by atoms with Crippen LogP contribution in [0.3, 0.4) is 0 Å². The molecule has 0 aliphatic carbocycles. The number of hydrogen-bond acceptors (Lipinski definition) is 2. The summed E-state index contributed by atoms with van der Waals surface area (Å²) in [6.45, 7) is 6.18. The van der Waals surface area contributed by atoms with Crippen LogP contribution in [0.1, 0.15) is 16.7 Å². The summed E-state index contributed by atoms with van der Waals surface area (Å²) in [6.07, 6.45) is 1.81. The van der Waals surface area contributed by atoms with Gasteiger partial charge in [-0.15, -0.1) is 0 Å². The van der Waals surface area contributed by atoms with Gasteiger partial charge in [0.15, 0.2) is 0 Å². The summed E-state index contributed by atoms with van der Waals surface area (Å²) >= 11 is 0. The zero-order valence-electron chi connectivity index (χ0n) is 9.91. The van der Waals surface area contributed by atoms with Crippen LogP contribution in [-0.2, 0) is 0 Å². The maximum absolute atomic E-state index is 6.06. The first-order valence-corrected chi connectivity index (χ1v) is 5.38. The first kappa shape index (κ1) is 10.7. The minimum Gasteiger partial charge on any atom is -0.397 e. The van der Waals surface area contributed by atoms with E-state index in [0.717, 1.165) is 22.5 Å². The number of pyridine rings is 1. The molecule has 16 heavy (non-hydrogen) atoms. The smallest absolute Gasteiger partial charge is 0.0936 e. The van der Waals surface area contributed by atoms with E-state index >= 15 is 0 Å². The van der Waals surface area contributed by atoms with Crippen molar-refractivity contribution >= 4 is 5.69 Å². The van der Waals surface area contributed by atoms with Crippen LogP contribution in [0.15, 0.2) is 30.5 Å². The van der Waals surface area contributed by atoms with E-state index in [2.05, 4.69) is 37.0 Å². The quantitative estimate of drug-likeness (QED) is 0.788. The molecule has 0 amide bonds. The number of hydrogen-bond donors (Lipinski definition) is 1. The highest BCUT2D eigenvalue weighted by Crippen LogP contribution is 2.28. The van der Waals surface area contributed by atoms with E-state index in [0.29, 0.717) is 0 Å². The van der Waals surface area contributed by atoms with E-state index < -0.39 is 0 Å². The van der Waals surface area contributed by atoms with Crippen molar-refractivity contribution < 1.29 is 0 Å². The van der Waals surface area contributed by atoms with Gasteiger partial charge in [0.2, 0.25) is 0 Å². The molecule has 0 aliphatic heterocycles. The molecular formula is C14H16N2. The van der Waals surface area contributed by atoms with Gasteiger partial charge in [0.1, 0.15) is 0 Å². The third-order valence-electron chi connectivity index (χ3n) is 2.85. The van der Waals surface area contributed by atoms with Gasteiger partial charge in [-0.3, -0.25) is 4.98 Å². The third kappa shape index (κ3) is 1.78. The van der Waals surface area contributed by atoms with E-state index in [1.807, 2.05) is 13.0 Å². The Morgan fingerprint density at radius 2 is 1.75 bits per heavy atom. The summed E-state index contributed by atoms with van der Waals surface area (Å²) in [5.41, 5.74) is 12.4. The lowest BCUT2D eigenvalue weighted by Gasteiger charge is -2.10. The van der Waals surface area contributed by atoms with Crippen LogP contribution in [0.25, 0.3) is 11.3 Å². The Kier molecular flexibility index (Phi) is 2.65.